The number of hydrogen-bond acceptors (Lipinski definition) is 7. The van der Waals surface area contributed by atoms with Crippen LogP contribution in [0.5, 0.6) is 0 Å². The number of hydrogen-bond donors (Lipinski definition) is 0. The van der Waals surface area contributed by atoms with Crippen LogP contribution < -0.4 is 0 Å². The second kappa shape index (κ2) is 15.9. The zero-order chi connectivity index (χ0) is 42.1. The molecule has 8 heteroatoms. The van der Waals surface area contributed by atoms with Gasteiger partial charge in [0.05, 0.1) is 28.4 Å². The molecule has 294 valence electrons. The van der Waals surface area contributed by atoms with Crippen molar-refractivity contribution >= 4 is 21.8 Å². The Morgan fingerprint density at radius 1 is 0.317 bits per heavy atom. The largest absolute Gasteiger partial charge is 0.308 e. The Morgan fingerprint density at radius 3 is 1.29 bits per heavy atom. The molecule has 0 bridgehead atoms. The molecule has 8 nitrogen and oxygen atoms in total. The summed E-state index contributed by atoms with van der Waals surface area (Å²) in [4.78, 5) is 30.0. The summed E-state index contributed by atoms with van der Waals surface area (Å²) in [6, 6.07) is 71.3. The van der Waals surface area contributed by atoms with Gasteiger partial charge in [-0.05, 0) is 53.6 Å². The van der Waals surface area contributed by atoms with E-state index in [1.165, 1.54) is 0 Å². The minimum Gasteiger partial charge on any atom is -0.308 e. The number of nitrogens with zero attached hydrogens (tertiary/aromatic N) is 8. The Bertz CT molecular complexity index is 3390. The summed E-state index contributed by atoms with van der Waals surface area (Å²) >= 11 is 0. The van der Waals surface area contributed by atoms with Gasteiger partial charge in [0.25, 0.3) is 0 Å². The van der Waals surface area contributed by atoms with Crippen LogP contribution in [0.3, 0.4) is 0 Å². The number of rotatable bonds is 8. The van der Waals surface area contributed by atoms with Gasteiger partial charge < -0.3 is 4.57 Å². The summed E-state index contributed by atoms with van der Waals surface area (Å²) < 4.78 is 2.25. The van der Waals surface area contributed by atoms with Crippen molar-refractivity contribution < 1.29 is 0 Å². The Hall–Kier alpha value is -8.93. The van der Waals surface area contributed by atoms with E-state index < -0.39 is 0 Å². The highest BCUT2D eigenvalue weighted by Gasteiger charge is 2.21. The molecule has 0 aliphatic heterocycles. The highest BCUT2D eigenvalue weighted by molar-refractivity contribution is 6.11. The topological polar surface area (TPSA) is 106 Å². The lowest BCUT2D eigenvalue weighted by molar-refractivity contribution is 1.06. The summed E-state index contributed by atoms with van der Waals surface area (Å²) in [6.07, 6.45) is 0. The molecule has 3 aromatic heterocycles. The lowest BCUT2D eigenvalue weighted by atomic mass is 10.0. The highest BCUT2D eigenvalue weighted by Crippen LogP contribution is 2.39. The van der Waals surface area contributed by atoms with Crippen molar-refractivity contribution in [2.45, 2.75) is 0 Å². The second-order valence-corrected chi connectivity index (χ2v) is 15.1. The predicted molar refractivity (Wildman–Crippen MR) is 250 cm³/mol. The van der Waals surface area contributed by atoms with Crippen molar-refractivity contribution in [3.63, 3.8) is 0 Å². The third-order valence-electron chi connectivity index (χ3n) is 11.1. The first-order chi connectivity index (χ1) is 31.2. The van der Waals surface area contributed by atoms with Crippen molar-refractivity contribution in [1.82, 2.24) is 34.5 Å². The first-order valence-electron chi connectivity index (χ1n) is 20.6. The van der Waals surface area contributed by atoms with Crippen LogP contribution in [0.1, 0.15) is 5.56 Å². The van der Waals surface area contributed by atoms with Gasteiger partial charge in [0.2, 0.25) is 0 Å². The average Bonchev–Trinajstić information content (AvgIpc) is 3.70. The van der Waals surface area contributed by atoms with E-state index >= 15 is 0 Å². The Labute approximate surface area is 363 Å². The van der Waals surface area contributed by atoms with Crippen LogP contribution in [0, 0.1) is 11.3 Å². The quantitative estimate of drug-likeness (QED) is 0.150. The zero-order valence-electron chi connectivity index (χ0n) is 33.7. The van der Waals surface area contributed by atoms with Crippen molar-refractivity contribution in [1.29, 1.82) is 5.26 Å². The molecule has 0 fully saturated rings. The lowest BCUT2D eigenvalue weighted by Gasteiger charge is -2.15. The summed E-state index contributed by atoms with van der Waals surface area (Å²) in [5.74, 6) is 3.40. The molecule has 0 radical (unpaired) electrons. The van der Waals surface area contributed by atoms with Gasteiger partial charge >= 0.3 is 0 Å². The molecular formula is C55H34N8. The fraction of sp³-hybridized carbons (Fsp3) is 0. The maximum absolute atomic E-state index is 10.2. The second-order valence-electron chi connectivity index (χ2n) is 15.1. The van der Waals surface area contributed by atoms with Gasteiger partial charge in [-0.2, -0.15) is 5.26 Å². The van der Waals surface area contributed by atoms with Crippen molar-refractivity contribution in [3.8, 4) is 91.2 Å². The molecular weight excluding hydrogens is 773 g/mol. The van der Waals surface area contributed by atoms with Gasteiger partial charge in [-0.15, -0.1) is 0 Å². The molecule has 0 aliphatic carbocycles. The smallest absolute Gasteiger partial charge is 0.166 e. The van der Waals surface area contributed by atoms with E-state index in [4.69, 9.17) is 29.9 Å². The Morgan fingerprint density at radius 2 is 0.746 bits per heavy atom. The number of fused-ring (bicyclic) bond motifs is 3. The van der Waals surface area contributed by atoms with Crippen LogP contribution in [0.15, 0.2) is 206 Å². The van der Waals surface area contributed by atoms with E-state index in [1.54, 1.807) is 0 Å². The lowest BCUT2D eigenvalue weighted by Crippen LogP contribution is -2.04. The molecule has 0 saturated heterocycles. The van der Waals surface area contributed by atoms with Crippen LogP contribution in [0.2, 0.25) is 0 Å². The Kier molecular flexibility index (Phi) is 9.37. The predicted octanol–water partition coefficient (Wildman–Crippen LogP) is 12.7. The molecule has 0 spiro atoms. The molecule has 3 heterocycles. The SMILES string of the molecule is N#Cc1ccc(-n2c3ccccc3c3cc(-c4cccc(-c5nc(-c6ccccc6)nc(-c6ccccc6)n5)c4)ccc32)c(-c2nc(-c3ccccc3)nc(-c3ccccc3)n2)c1. The molecule has 0 atom stereocenters. The summed E-state index contributed by atoms with van der Waals surface area (Å²) in [5, 5.41) is 12.3. The van der Waals surface area contributed by atoms with Gasteiger partial charge in [-0.1, -0.05) is 164 Å². The van der Waals surface area contributed by atoms with Crippen LogP contribution >= 0.6 is 0 Å². The normalized spacial score (nSPS) is 11.2. The van der Waals surface area contributed by atoms with E-state index in [1.807, 2.05) is 146 Å². The maximum Gasteiger partial charge on any atom is 0.166 e. The fourth-order valence-corrected chi connectivity index (χ4v) is 8.10. The summed E-state index contributed by atoms with van der Waals surface area (Å²) in [7, 11) is 0. The minimum atomic E-state index is 0.471. The molecule has 8 aromatic carbocycles. The number of aromatic nitrogens is 7. The highest BCUT2D eigenvalue weighted by atomic mass is 15.1. The van der Waals surface area contributed by atoms with Gasteiger partial charge in [0.1, 0.15) is 0 Å². The zero-order valence-corrected chi connectivity index (χ0v) is 33.7. The van der Waals surface area contributed by atoms with Crippen LogP contribution in [-0.2, 0) is 0 Å². The standard InChI is InChI=1S/C55H34N8/c56-35-36-28-30-49(46(32-36)55-61-52(39-20-9-3-10-21-39)58-53(62-55)40-22-11-4-12-23-40)63-47-27-14-13-26-44(47)45-34-42(29-31-48(45)63)41-24-15-25-43(33-41)54-59-50(37-16-5-1-6-17-37)57-51(60-54)38-18-7-2-8-19-38/h1-34H. The number of nitriles is 1. The van der Waals surface area contributed by atoms with E-state index in [9.17, 15) is 5.26 Å². The Balaban J connectivity index is 1.06. The van der Waals surface area contributed by atoms with E-state index in [-0.39, 0.29) is 0 Å². The van der Waals surface area contributed by atoms with Crippen molar-refractivity contribution in [2.24, 2.45) is 0 Å². The monoisotopic (exact) mass is 806 g/mol. The number of benzene rings is 8. The number of para-hydroxylation sites is 1. The van der Waals surface area contributed by atoms with Gasteiger partial charge in [0.15, 0.2) is 34.9 Å². The summed E-state index contributed by atoms with van der Waals surface area (Å²) in [5.41, 5.74) is 10.6. The molecule has 0 amide bonds. The van der Waals surface area contributed by atoms with Crippen LogP contribution in [0.4, 0.5) is 0 Å². The third kappa shape index (κ3) is 7.05. The van der Waals surface area contributed by atoms with E-state index in [2.05, 4.69) is 71.3 Å². The van der Waals surface area contributed by atoms with Gasteiger partial charge in [0, 0.05) is 44.2 Å². The maximum atomic E-state index is 10.2. The van der Waals surface area contributed by atoms with Crippen LogP contribution in [0.25, 0.3) is 107 Å². The van der Waals surface area contributed by atoms with Crippen molar-refractivity contribution in [2.75, 3.05) is 0 Å². The molecule has 11 rings (SSSR count). The molecule has 0 unspecified atom stereocenters. The summed E-state index contributed by atoms with van der Waals surface area (Å²) in [6.45, 7) is 0. The van der Waals surface area contributed by atoms with E-state index in [0.29, 0.717) is 46.1 Å². The first kappa shape index (κ1) is 37.1. The minimum absolute atomic E-state index is 0.471. The van der Waals surface area contributed by atoms with E-state index in [0.717, 1.165) is 66.4 Å². The molecule has 0 saturated carbocycles. The molecule has 0 aliphatic rings. The molecule has 0 N–H and O–H groups in total. The third-order valence-corrected chi connectivity index (χ3v) is 11.1. The van der Waals surface area contributed by atoms with Crippen molar-refractivity contribution in [3.05, 3.63) is 212 Å². The molecule has 11 aromatic rings. The molecule has 63 heavy (non-hydrogen) atoms. The average molecular weight is 807 g/mol. The van der Waals surface area contributed by atoms with Gasteiger partial charge in [-0.25, -0.2) is 29.9 Å². The van der Waals surface area contributed by atoms with Crippen LogP contribution in [-0.4, -0.2) is 34.5 Å². The van der Waals surface area contributed by atoms with Gasteiger partial charge in [-0.3, -0.25) is 0 Å². The fourth-order valence-electron chi connectivity index (χ4n) is 8.10. The first-order valence-corrected chi connectivity index (χ1v) is 20.6.